The van der Waals surface area contributed by atoms with Gasteiger partial charge in [0.1, 0.15) is 5.82 Å². The average molecular weight is 251 g/mol. The Hall–Kier alpha value is -1.14. The third-order valence-corrected chi connectivity index (χ3v) is 2.34. The van der Waals surface area contributed by atoms with Crippen LogP contribution in [0.25, 0.3) is 0 Å². The lowest BCUT2D eigenvalue weighted by molar-refractivity contribution is -0.202. The molecule has 1 aromatic carbocycles. The van der Waals surface area contributed by atoms with E-state index < -0.39 is 30.7 Å². The molecule has 0 aliphatic heterocycles. The van der Waals surface area contributed by atoms with Crippen molar-refractivity contribution < 1.29 is 22.7 Å². The molecule has 0 bridgehead atoms. The van der Waals surface area contributed by atoms with Gasteiger partial charge in [0.25, 0.3) is 0 Å². The second kappa shape index (κ2) is 5.46. The maximum Gasteiger partial charge on any atom is 0.415 e. The van der Waals surface area contributed by atoms with Crippen molar-refractivity contribution in [2.75, 3.05) is 6.54 Å². The summed E-state index contributed by atoms with van der Waals surface area (Å²) in [7, 11) is 0. The maximum absolute atomic E-state index is 12.9. The van der Waals surface area contributed by atoms with E-state index in [-0.39, 0.29) is 0 Å². The molecule has 6 heteroatoms. The minimum Gasteiger partial charge on any atom is -0.382 e. The fraction of sp³-hybridized carbons (Fsp3) is 0.455. The van der Waals surface area contributed by atoms with E-state index >= 15 is 0 Å². The normalized spacial score (nSPS) is 15.6. The smallest absolute Gasteiger partial charge is 0.382 e. The van der Waals surface area contributed by atoms with Gasteiger partial charge in [-0.3, -0.25) is 0 Å². The second-order valence-corrected chi connectivity index (χ2v) is 3.74. The molecule has 0 saturated carbocycles. The first-order valence-corrected chi connectivity index (χ1v) is 5.04. The van der Waals surface area contributed by atoms with E-state index in [1.165, 1.54) is 18.2 Å². The van der Waals surface area contributed by atoms with Crippen LogP contribution < -0.4 is 5.32 Å². The van der Waals surface area contributed by atoms with Crippen molar-refractivity contribution in [1.29, 1.82) is 0 Å². The summed E-state index contributed by atoms with van der Waals surface area (Å²) >= 11 is 0. The fourth-order valence-electron chi connectivity index (χ4n) is 1.30. The van der Waals surface area contributed by atoms with Gasteiger partial charge in [0.15, 0.2) is 6.10 Å². The number of hydrogen-bond acceptors (Lipinski definition) is 2. The minimum absolute atomic E-state index is 0.451. The molecule has 0 heterocycles. The third kappa shape index (κ3) is 4.32. The summed E-state index contributed by atoms with van der Waals surface area (Å²) in [5.41, 5.74) is 0.527. The molecular formula is C11H13F4NO. The zero-order chi connectivity index (χ0) is 13.1. The van der Waals surface area contributed by atoms with Crippen molar-refractivity contribution in [2.45, 2.75) is 25.2 Å². The summed E-state index contributed by atoms with van der Waals surface area (Å²) in [5.74, 6) is -0.451. The summed E-state index contributed by atoms with van der Waals surface area (Å²) in [5, 5.41) is 11.3. The standard InChI is InChI=1S/C11H13F4NO/c1-7(8-3-2-4-9(12)5-8)16-6-10(17)11(13,14)15/h2-5,7,10,16-17H,6H2,1H3/t7-,10?/m0/s1. The van der Waals surface area contributed by atoms with E-state index in [0.29, 0.717) is 5.56 Å². The molecular weight excluding hydrogens is 238 g/mol. The maximum atomic E-state index is 12.9. The van der Waals surface area contributed by atoms with E-state index in [9.17, 15) is 17.6 Å². The van der Waals surface area contributed by atoms with Crippen LogP contribution >= 0.6 is 0 Å². The predicted octanol–water partition coefficient (Wildman–Crippen LogP) is 2.40. The van der Waals surface area contributed by atoms with Crippen molar-refractivity contribution in [3.63, 3.8) is 0 Å². The number of halogens is 4. The Morgan fingerprint density at radius 2 is 2.00 bits per heavy atom. The van der Waals surface area contributed by atoms with Crippen LogP contribution in [0.5, 0.6) is 0 Å². The Morgan fingerprint density at radius 3 is 2.53 bits per heavy atom. The van der Waals surface area contributed by atoms with Crippen LogP contribution in [0.1, 0.15) is 18.5 Å². The quantitative estimate of drug-likeness (QED) is 0.805. The molecule has 1 aromatic rings. The highest BCUT2D eigenvalue weighted by Gasteiger charge is 2.37. The van der Waals surface area contributed by atoms with Gasteiger partial charge in [-0.1, -0.05) is 12.1 Å². The van der Waals surface area contributed by atoms with Gasteiger partial charge >= 0.3 is 6.18 Å². The molecule has 0 aliphatic rings. The number of aliphatic hydroxyl groups excluding tert-OH is 1. The largest absolute Gasteiger partial charge is 0.415 e. The molecule has 0 aromatic heterocycles. The van der Waals surface area contributed by atoms with Gasteiger partial charge in [0, 0.05) is 12.6 Å². The highest BCUT2D eigenvalue weighted by atomic mass is 19.4. The lowest BCUT2D eigenvalue weighted by atomic mass is 10.1. The van der Waals surface area contributed by atoms with Crippen LogP contribution in [-0.2, 0) is 0 Å². The lowest BCUT2D eigenvalue weighted by Gasteiger charge is -2.19. The Balaban J connectivity index is 2.53. The van der Waals surface area contributed by atoms with Gasteiger partial charge in [-0.2, -0.15) is 13.2 Å². The molecule has 2 nitrogen and oxygen atoms in total. The first-order chi connectivity index (χ1) is 7.80. The predicted molar refractivity (Wildman–Crippen MR) is 54.9 cm³/mol. The number of alkyl halides is 3. The van der Waals surface area contributed by atoms with Crippen LogP contribution in [-0.4, -0.2) is 23.9 Å². The van der Waals surface area contributed by atoms with E-state index in [2.05, 4.69) is 5.32 Å². The molecule has 0 radical (unpaired) electrons. The summed E-state index contributed by atoms with van der Waals surface area (Å²) in [6.07, 6.45) is -7.06. The van der Waals surface area contributed by atoms with E-state index in [4.69, 9.17) is 5.11 Å². The van der Waals surface area contributed by atoms with Crippen LogP contribution in [0.3, 0.4) is 0 Å². The molecule has 2 N–H and O–H groups in total. The first kappa shape index (κ1) is 13.9. The van der Waals surface area contributed by atoms with Gasteiger partial charge in [-0.25, -0.2) is 4.39 Å². The Morgan fingerprint density at radius 1 is 1.35 bits per heavy atom. The summed E-state index contributed by atoms with van der Waals surface area (Å²) in [6, 6.07) is 5.09. The lowest BCUT2D eigenvalue weighted by Crippen LogP contribution is -2.39. The van der Waals surface area contributed by atoms with Gasteiger partial charge < -0.3 is 10.4 Å². The number of nitrogens with one attached hydrogen (secondary N) is 1. The summed E-state index contributed by atoms with van der Waals surface area (Å²) in [6.45, 7) is 0.971. The highest BCUT2D eigenvalue weighted by Crippen LogP contribution is 2.20. The summed E-state index contributed by atoms with van der Waals surface area (Å²) in [4.78, 5) is 0. The number of aliphatic hydroxyl groups is 1. The van der Waals surface area contributed by atoms with Crippen molar-refractivity contribution in [3.05, 3.63) is 35.6 Å². The molecule has 1 unspecified atom stereocenters. The van der Waals surface area contributed by atoms with Crippen LogP contribution in [0, 0.1) is 5.82 Å². The second-order valence-electron chi connectivity index (χ2n) is 3.74. The molecule has 17 heavy (non-hydrogen) atoms. The Bertz CT molecular complexity index is 367. The molecule has 1 rings (SSSR count). The van der Waals surface area contributed by atoms with E-state index in [1.54, 1.807) is 13.0 Å². The first-order valence-electron chi connectivity index (χ1n) is 5.04. The van der Waals surface area contributed by atoms with Gasteiger partial charge in [0.05, 0.1) is 0 Å². The fourth-order valence-corrected chi connectivity index (χ4v) is 1.30. The summed E-state index contributed by atoms with van der Waals surface area (Å²) < 4.78 is 48.9. The van der Waals surface area contributed by atoms with Gasteiger partial charge in [-0.15, -0.1) is 0 Å². The van der Waals surface area contributed by atoms with Crippen LogP contribution in [0.4, 0.5) is 17.6 Å². The van der Waals surface area contributed by atoms with Crippen LogP contribution in [0.15, 0.2) is 24.3 Å². The number of rotatable bonds is 4. The van der Waals surface area contributed by atoms with Gasteiger partial charge in [0.2, 0.25) is 0 Å². The molecule has 96 valence electrons. The number of hydrogen-bond donors (Lipinski definition) is 2. The molecule has 0 fully saturated rings. The molecule has 0 saturated heterocycles. The van der Waals surface area contributed by atoms with Crippen molar-refractivity contribution >= 4 is 0 Å². The molecule has 2 atom stereocenters. The Kier molecular flexibility index (Phi) is 4.47. The average Bonchev–Trinajstić information content (AvgIpc) is 2.24. The molecule has 0 aliphatic carbocycles. The highest BCUT2D eigenvalue weighted by molar-refractivity contribution is 5.19. The minimum atomic E-state index is -4.64. The molecule has 0 amide bonds. The van der Waals surface area contributed by atoms with Crippen molar-refractivity contribution in [3.8, 4) is 0 Å². The van der Waals surface area contributed by atoms with Gasteiger partial charge in [-0.05, 0) is 24.6 Å². The monoisotopic (exact) mass is 251 g/mol. The van der Waals surface area contributed by atoms with E-state index in [1.807, 2.05) is 0 Å². The van der Waals surface area contributed by atoms with Crippen LogP contribution in [0.2, 0.25) is 0 Å². The van der Waals surface area contributed by atoms with Crippen molar-refractivity contribution in [2.24, 2.45) is 0 Å². The zero-order valence-electron chi connectivity index (χ0n) is 9.13. The topological polar surface area (TPSA) is 32.3 Å². The molecule has 0 spiro atoms. The SMILES string of the molecule is C[C@H](NCC(O)C(F)(F)F)c1cccc(F)c1. The number of benzene rings is 1. The third-order valence-electron chi connectivity index (χ3n) is 2.34. The Labute approximate surface area is 96.3 Å². The van der Waals surface area contributed by atoms with Crippen molar-refractivity contribution in [1.82, 2.24) is 5.32 Å². The van der Waals surface area contributed by atoms with E-state index in [0.717, 1.165) is 0 Å². The zero-order valence-corrected chi connectivity index (χ0v) is 9.13.